The Balaban J connectivity index is 2.99. The van der Waals surface area contributed by atoms with Gasteiger partial charge in [0.2, 0.25) is 0 Å². The topological polar surface area (TPSA) is 63.0 Å². The van der Waals surface area contributed by atoms with Crippen molar-refractivity contribution in [2.75, 3.05) is 6.61 Å². The molecule has 0 unspecified atom stereocenters. The van der Waals surface area contributed by atoms with Gasteiger partial charge in [0.25, 0.3) is 6.43 Å². The number of carbonyl (C=O) groups excluding carboxylic acids is 1. The first-order valence-corrected chi connectivity index (χ1v) is 4.92. The molecule has 17 heavy (non-hydrogen) atoms. The molecule has 1 aromatic rings. The van der Waals surface area contributed by atoms with Crippen LogP contribution >= 0.6 is 0 Å². The highest BCUT2D eigenvalue weighted by atomic mass is 19.3. The third-order valence-corrected chi connectivity index (χ3v) is 1.96. The fourth-order valence-electron chi connectivity index (χ4n) is 1.23. The number of halogens is 2. The number of esters is 1. The number of aromatic nitrogens is 1. The maximum atomic E-state index is 12.4. The van der Waals surface area contributed by atoms with Crippen molar-refractivity contribution >= 4 is 5.97 Å². The quantitative estimate of drug-likeness (QED) is 0.755. The summed E-state index contributed by atoms with van der Waals surface area (Å²) < 4.78 is 29.5. The van der Waals surface area contributed by atoms with E-state index in [4.69, 9.17) is 5.26 Å². The monoisotopic (exact) mass is 240 g/mol. The predicted molar refractivity (Wildman–Crippen MR) is 54.2 cm³/mol. The molecule has 4 nitrogen and oxygen atoms in total. The smallest absolute Gasteiger partial charge is 0.311 e. The predicted octanol–water partition coefficient (Wildman–Crippen LogP) is 2.00. The van der Waals surface area contributed by atoms with E-state index in [-0.39, 0.29) is 24.3 Å². The lowest BCUT2D eigenvalue weighted by Crippen LogP contribution is -2.11. The number of hydrogen-bond acceptors (Lipinski definition) is 4. The molecule has 0 saturated heterocycles. The average Bonchev–Trinajstić information content (AvgIpc) is 2.29. The van der Waals surface area contributed by atoms with Crippen LogP contribution in [0.5, 0.6) is 0 Å². The van der Waals surface area contributed by atoms with Crippen LogP contribution in [0, 0.1) is 11.3 Å². The summed E-state index contributed by atoms with van der Waals surface area (Å²) in [6.07, 6.45) is -3.01. The number of pyridine rings is 1. The van der Waals surface area contributed by atoms with Crippen molar-refractivity contribution in [1.82, 2.24) is 4.98 Å². The molecule has 1 aromatic heterocycles. The zero-order chi connectivity index (χ0) is 12.8. The Morgan fingerprint density at radius 2 is 2.29 bits per heavy atom. The summed E-state index contributed by atoms with van der Waals surface area (Å²) in [7, 11) is 0. The summed E-state index contributed by atoms with van der Waals surface area (Å²) in [6.45, 7) is 1.82. The average molecular weight is 240 g/mol. The van der Waals surface area contributed by atoms with Crippen LogP contribution in [0.2, 0.25) is 0 Å². The molecule has 0 saturated carbocycles. The lowest BCUT2D eigenvalue weighted by atomic mass is 10.1. The zero-order valence-corrected chi connectivity index (χ0v) is 9.11. The maximum absolute atomic E-state index is 12.4. The zero-order valence-electron chi connectivity index (χ0n) is 9.11. The Kier molecular flexibility index (Phi) is 4.52. The molecule has 0 bridgehead atoms. The summed E-state index contributed by atoms with van der Waals surface area (Å²) in [5.74, 6) is -0.595. The minimum Gasteiger partial charge on any atom is -0.466 e. The molecule has 0 fully saturated rings. The standard InChI is InChI=1S/C11H10F2N2O2/c1-2-17-10(16)5-9-7(6-14)3-4-8(15-9)11(12)13/h3-4,11H,2,5H2,1H3. The number of ether oxygens (including phenoxy) is 1. The fourth-order valence-corrected chi connectivity index (χ4v) is 1.23. The Hall–Kier alpha value is -2.03. The number of hydrogen-bond donors (Lipinski definition) is 0. The third kappa shape index (κ3) is 3.48. The first kappa shape index (κ1) is 13.0. The van der Waals surface area contributed by atoms with Crippen molar-refractivity contribution in [3.8, 4) is 6.07 Å². The molecule has 0 atom stereocenters. The van der Waals surface area contributed by atoms with Crippen molar-refractivity contribution < 1.29 is 18.3 Å². The van der Waals surface area contributed by atoms with Gasteiger partial charge in [-0.1, -0.05) is 0 Å². The number of nitrogens with zero attached hydrogens (tertiary/aromatic N) is 2. The number of rotatable bonds is 4. The van der Waals surface area contributed by atoms with Crippen LogP contribution in [-0.2, 0) is 16.0 Å². The number of carbonyl (C=O) groups is 1. The highest BCUT2D eigenvalue weighted by Crippen LogP contribution is 2.18. The van der Waals surface area contributed by atoms with Crippen LogP contribution in [0.25, 0.3) is 0 Å². The van der Waals surface area contributed by atoms with Crippen molar-refractivity contribution in [2.24, 2.45) is 0 Å². The van der Waals surface area contributed by atoms with E-state index in [1.54, 1.807) is 13.0 Å². The molecule has 90 valence electrons. The summed E-state index contributed by atoms with van der Waals surface area (Å²) in [5, 5.41) is 8.76. The van der Waals surface area contributed by atoms with Crippen molar-refractivity contribution in [1.29, 1.82) is 5.26 Å². The number of alkyl halides is 2. The van der Waals surface area contributed by atoms with Gasteiger partial charge in [-0.25, -0.2) is 13.8 Å². The van der Waals surface area contributed by atoms with Gasteiger partial charge in [0.15, 0.2) is 0 Å². The van der Waals surface area contributed by atoms with Crippen molar-refractivity contribution in [3.63, 3.8) is 0 Å². The largest absolute Gasteiger partial charge is 0.466 e. The molecule has 1 heterocycles. The van der Waals surface area contributed by atoms with Crippen LogP contribution in [0.1, 0.15) is 30.3 Å². The second-order valence-corrected chi connectivity index (χ2v) is 3.12. The van der Waals surface area contributed by atoms with E-state index in [1.165, 1.54) is 6.07 Å². The summed E-state index contributed by atoms with van der Waals surface area (Å²) in [4.78, 5) is 14.8. The Labute approximate surface area is 96.8 Å². The molecule has 0 aliphatic rings. The van der Waals surface area contributed by atoms with Crippen LogP contribution in [-0.4, -0.2) is 17.6 Å². The van der Waals surface area contributed by atoms with Gasteiger partial charge in [-0.05, 0) is 19.1 Å². The second kappa shape index (κ2) is 5.89. The van der Waals surface area contributed by atoms with Gasteiger partial charge in [0.05, 0.1) is 24.3 Å². The highest BCUT2D eigenvalue weighted by Gasteiger charge is 2.15. The van der Waals surface area contributed by atoms with E-state index in [0.29, 0.717) is 0 Å². The van der Waals surface area contributed by atoms with Gasteiger partial charge >= 0.3 is 5.97 Å². The molecule has 1 rings (SSSR count). The fraction of sp³-hybridized carbons (Fsp3) is 0.364. The Morgan fingerprint density at radius 3 is 2.82 bits per heavy atom. The van der Waals surface area contributed by atoms with Crippen molar-refractivity contribution in [3.05, 3.63) is 29.1 Å². The van der Waals surface area contributed by atoms with E-state index in [2.05, 4.69) is 9.72 Å². The van der Waals surface area contributed by atoms with Gasteiger partial charge in [-0.3, -0.25) is 4.79 Å². The summed E-state index contributed by atoms with van der Waals surface area (Å²) in [5.41, 5.74) is -0.338. The molecule has 0 aliphatic carbocycles. The molecule has 6 heteroatoms. The first-order valence-electron chi connectivity index (χ1n) is 4.92. The molecule has 0 aliphatic heterocycles. The molecule has 0 N–H and O–H groups in total. The Bertz CT molecular complexity index is 455. The van der Waals surface area contributed by atoms with Gasteiger partial charge in [-0.15, -0.1) is 0 Å². The van der Waals surface area contributed by atoms with E-state index >= 15 is 0 Å². The molecule has 0 spiro atoms. The molecular formula is C11H10F2N2O2. The minimum absolute atomic E-state index is 0.0174. The lowest BCUT2D eigenvalue weighted by molar-refractivity contribution is -0.142. The SMILES string of the molecule is CCOC(=O)Cc1nc(C(F)F)ccc1C#N. The minimum atomic E-state index is -2.73. The molecule has 0 radical (unpaired) electrons. The lowest BCUT2D eigenvalue weighted by Gasteiger charge is -2.05. The van der Waals surface area contributed by atoms with Gasteiger partial charge < -0.3 is 4.74 Å². The number of nitriles is 1. The van der Waals surface area contributed by atoms with Gasteiger partial charge in [-0.2, -0.15) is 5.26 Å². The van der Waals surface area contributed by atoms with E-state index in [1.807, 2.05) is 0 Å². The van der Waals surface area contributed by atoms with E-state index < -0.39 is 18.1 Å². The van der Waals surface area contributed by atoms with Crippen LogP contribution < -0.4 is 0 Å². The third-order valence-electron chi connectivity index (χ3n) is 1.96. The Morgan fingerprint density at radius 1 is 1.59 bits per heavy atom. The van der Waals surface area contributed by atoms with E-state index in [0.717, 1.165) is 6.07 Å². The highest BCUT2D eigenvalue weighted by molar-refractivity contribution is 5.72. The van der Waals surface area contributed by atoms with E-state index in [9.17, 15) is 13.6 Å². The van der Waals surface area contributed by atoms with Crippen LogP contribution in [0.4, 0.5) is 8.78 Å². The second-order valence-electron chi connectivity index (χ2n) is 3.12. The van der Waals surface area contributed by atoms with Gasteiger partial charge in [0, 0.05) is 0 Å². The van der Waals surface area contributed by atoms with Gasteiger partial charge in [0.1, 0.15) is 11.8 Å². The van der Waals surface area contributed by atoms with Crippen LogP contribution in [0.15, 0.2) is 12.1 Å². The summed E-state index contributed by atoms with van der Waals surface area (Å²) >= 11 is 0. The summed E-state index contributed by atoms with van der Waals surface area (Å²) in [6, 6.07) is 4.09. The van der Waals surface area contributed by atoms with Crippen LogP contribution in [0.3, 0.4) is 0 Å². The maximum Gasteiger partial charge on any atom is 0.311 e. The molecule has 0 aromatic carbocycles. The molecule has 0 amide bonds. The normalized spacial score (nSPS) is 10.1. The molecular weight excluding hydrogens is 230 g/mol. The first-order chi connectivity index (χ1) is 8.08. The van der Waals surface area contributed by atoms with Crippen molar-refractivity contribution in [2.45, 2.75) is 19.8 Å².